The van der Waals surface area contributed by atoms with Gasteiger partial charge in [0.2, 0.25) is 5.91 Å². The quantitative estimate of drug-likeness (QED) is 0.475. The third-order valence-electron chi connectivity index (χ3n) is 5.76. The van der Waals surface area contributed by atoms with Gasteiger partial charge in [-0.25, -0.2) is 0 Å². The molecule has 1 atom stereocenters. The van der Waals surface area contributed by atoms with E-state index in [1.165, 1.54) is 11.1 Å². The first-order valence-electron chi connectivity index (χ1n) is 10.3. The summed E-state index contributed by atoms with van der Waals surface area (Å²) in [6.07, 6.45) is 3.13. The predicted octanol–water partition coefficient (Wildman–Crippen LogP) is 5.55. The van der Waals surface area contributed by atoms with Crippen LogP contribution in [0, 0.1) is 0 Å². The summed E-state index contributed by atoms with van der Waals surface area (Å²) in [5.74, 6) is -0.0318. The molecule has 30 heavy (non-hydrogen) atoms. The molecular weight excluding hydrogens is 394 g/mol. The largest absolute Gasteiger partial charge is 0.348 e. The van der Waals surface area contributed by atoms with Crippen LogP contribution < -0.4 is 5.32 Å². The molecule has 5 rings (SSSR count). The summed E-state index contributed by atoms with van der Waals surface area (Å²) in [5.41, 5.74) is 5.31. The fourth-order valence-corrected chi connectivity index (χ4v) is 4.53. The molecule has 5 heteroatoms. The van der Waals surface area contributed by atoms with E-state index < -0.39 is 0 Å². The standard InChI is InChI=1S/C25H22ClN3O/c26-19-13-14-23-21(15-19)25(18-8-2-1-3-9-18)28-29(23)16-24(30)27-22-12-6-10-17-7-4-5-11-20(17)22/h1-5,7-9,11,13-15,22H,6,10,12,16H2,(H,27,30). The normalized spacial score (nSPS) is 15.7. The Hall–Kier alpha value is -3.11. The second kappa shape index (κ2) is 7.96. The molecule has 0 saturated heterocycles. The van der Waals surface area contributed by atoms with Gasteiger partial charge in [0.05, 0.1) is 11.6 Å². The number of rotatable bonds is 4. The topological polar surface area (TPSA) is 46.9 Å². The van der Waals surface area contributed by atoms with Crippen LogP contribution in [0.2, 0.25) is 5.02 Å². The Kier molecular flexibility index (Phi) is 5.01. The fraction of sp³-hybridized carbons (Fsp3) is 0.200. The molecule has 0 aliphatic heterocycles. The maximum absolute atomic E-state index is 12.9. The molecule has 0 radical (unpaired) electrons. The molecule has 1 N–H and O–H groups in total. The third-order valence-corrected chi connectivity index (χ3v) is 5.99. The highest BCUT2D eigenvalue weighted by Crippen LogP contribution is 2.31. The minimum absolute atomic E-state index is 0.0318. The fourth-order valence-electron chi connectivity index (χ4n) is 4.36. The van der Waals surface area contributed by atoms with Gasteiger partial charge in [0.15, 0.2) is 0 Å². The van der Waals surface area contributed by atoms with E-state index in [1.807, 2.05) is 54.6 Å². The lowest BCUT2D eigenvalue weighted by Gasteiger charge is -2.26. The number of carbonyl (C=O) groups is 1. The van der Waals surface area contributed by atoms with Gasteiger partial charge in [-0.2, -0.15) is 5.10 Å². The van der Waals surface area contributed by atoms with E-state index in [1.54, 1.807) is 4.68 Å². The van der Waals surface area contributed by atoms with Gasteiger partial charge in [0.1, 0.15) is 12.2 Å². The molecule has 0 bridgehead atoms. The monoisotopic (exact) mass is 415 g/mol. The maximum atomic E-state index is 12.9. The molecule has 3 aromatic carbocycles. The maximum Gasteiger partial charge on any atom is 0.242 e. The summed E-state index contributed by atoms with van der Waals surface area (Å²) in [4.78, 5) is 12.9. The van der Waals surface area contributed by atoms with E-state index in [9.17, 15) is 4.79 Å². The second-order valence-corrected chi connectivity index (χ2v) is 8.18. The Bertz CT molecular complexity index is 1220. The summed E-state index contributed by atoms with van der Waals surface area (Å²) in [5, 5.41) is 9.60. The Labute approximate surface area is 180 Å². The van der Waals surface area contributed by atoms with E-state index >= 15 is 0 Å². The lowest BCUT2D eigenvalue weighted by molar-refractivity contribution is -0.122. The molecule has 0 spiro atoms. The van der Waals surface area contributed by atoms with Crippen LogP contribution in [0.15, 0.2) is 72.8 Å². The molecule has 0 saturated carbocycles. The van der Waals surface area contributed by atoms with Crippen molar-refractivity contribution in [1.29, 1.82) is 0 Å². The lowest BCUT2D eigenvalue weighted by Crippen LogP contribution is -2.33. The number of carbonyl (C=O) groups excluding carboxylic acids is 1. The Morgan fingerprint density at radius 1 is 1.07 bits per heavy atom. The van der Waals surface area contributed by atoms with Gasteiger partial charge >= 0.3 is 0 Å². The average molecular weight is 416 g/mol. The van der Waals surface area contributed by atoms with E-state index in [0.29, 0.717) is 5.02 Å². The van der Waals surface area contributed by atoms with E-state index in [-0.39, 0.29) is 18.5 Å². The van der Waals surface area contributed by atoms with Crippen LogP contribution in [-0.4, -0.2) is 15.7 Å². The van der Waals surface area contributed by atoms with Crippen LogP contribution >= 0.6 is 11.6 Å². The minimum atomic E-state index is -0.0318. The number of aromatic nitrogens is 2. The number of hydrogen-bond acceptors (Lipinski definition) is 2. The molecule has 4 aromatic rings. The van der Waals surface area contributed by atoms with Crippen LogP contribution in [0.1, 0.15) is 30.0 Å². The second-order valence-electron chi connectivity index (χ2n) is 7.74. The summed E-state index contributed by atoms with van der Waals surface area (Å²) in [6.45, 7) is 0.170. The van der Waals surface area contributed by atoms with Gasteiger partial charge in [-0.1, -0.05) is 66.2 Å². The molecule has 1 aromatic heterocycles. The summed E-state index contributed by atoms with van der Waals surface area (Å²) in [6, 6.07) is 24.1. The first-order chi connectivity index (χ1) is 14.7. The zero-order chi connectivity index (χ0) is 20.5. The summed E-state index contributed by atoms with van der Waals surface area (Å²) in [7, 11) is 0. The SMILES string of the molecule is O=C(Cn1nc(-c2ccccc2)c2cc(Cl)ccc21)NC1CCCc2ccccc21. The molecule has 1 unspecified atom stereocenters. The Balaban J connectivity index is 1.44. The third kappa shape index (κ3) is 3.59. The zero-order valence-electron chi connectivity index (χ0n) is 16.5. The number of amides is 1. The number of nitrogens with zero attached hydrogens (tertiary/aromatic N) is 2. The van der Waals surface area contributed by atoms with Gasteiger partial charge < -0.3 is 5.32 Å². The van der Waals surface area contributed by atoms with Crippen LogP contribution in [0.3, 0.4) is 0 Å². The first-order valence-corrected chi connectivity index (χ1v) is 10.7. The summed E-state index contributed by atoms with van der Waals surface area (Å²) >= 11 is 6.25. The molecule has 0 fully saturated rings. The van der Waals surface area contributed by atoms with Crippen molar-refractivity contribution in [2.24, 2.45) is 0 Å². The van der Waals surface area contributed by atoms with Crippen molar-refractivity contribution < 1.29 is 4.79 Å². The number of hydrogen-bond donors (Lipinski definition) is 1. The number of halogens is 1. The van der Waals surface area contributed by atoms with Crippen molar-refractivity contribution in [3.63, 3.8) is 0 Å². The van der Waals surface area contributed by atoms with Crippen molar-refractivity contribution in [2.45, 2.75) is 31.8 Å². The molecule has 1 aliphatic carbocycles. The van der Waals surface area contributed by atoms with Crippen molar-refractivity contribution in [3.05, 3.63) is 88.9 Å². The highest BCUT2D eigenvalue weighted by Gasteiger charge is 2.22. The minimum Gasteiger partial charge on any atom is -0.348 e. The van der Waals surface area contributed by atoms with Gasteiger partial charge in [0.25, 0.3) is 0 Å². The molecule has 1 aliphatic rings. The smallest absolute Gasteiger partial charge is 0.242 e. The van der Waals surface area contributed by atoms with Crippen LogP contribution in [0.25, 0.3) is 22.2 Å². The van der Waals surface area contributed by atoms with Crippen molar-refractivity contribution in [3.8, 4) is 11.3 Å². The van der Waals surface area contributed by atoms with Crippen LogP contribution in [-0.2, 0) is 17.8 Å². The summed E-state index contributed by atoms with van der Waals surface area (Å²) < 4.78 is 1.78. The van der Waals surface area contributed by atoms with Gasteiger partial charge in [-0.3, -0.25) is 9.48 Å². The van der Waals surface area contributed by atoms with Gasteiger partial charge in [-0.15, -0.1) is 0 Å². The first kappa shape index (κ1) is 18.9. The Morgan fingerprint density at radius 3 is 2.73 bits per heavy atom. The van der Waals surface area contributed by atoms with Gasteiger partial charge in [0, 0.05) is 16.0 Å². The van der Waals surface area contributed by atoms with Crippen LogP contribution in [0.4, 0.5) is 0 Å². The molecule has 150 valence electrons. The van der Waals surface area contributed by atoms with Crippen molar-refractivity contribution in [1.82, 2.24) is 15.1 Å². The van der Waals surface area contributed by atoms with Crippen LogP contribution in [0.5, 0.6) is 0 Å². The van der Waals surface area contributed by atoms with E-state index in [2.05, 4.69) is 23.5 Å². The lowest BCUT2D eigenvalue weighted by atomic mass is 9.88. The molecule has 1 heterocycles. The van der Waals surface area contributed by atoms with E-state index in [4.69, 9.17) is 16.7 Å². The number of fused-ring (bicyclic) bond motifs is 2. The van der Waals surface area contributed by atoms with E-state index in [0.717, 1.165) is 41.4 Å². The highest BCUT2D eigenvalue weighted by molar-refractivity contribution is 6.31. The molecule has 4 nitrogen and oxygen atoms in total. The molecular formula is C25H22ClN3O. The van der Waals surface area contributed by atoms with Crippen molar-refractivity contribution >= 4 is 28.4 Å². The number of aryl methyl sites for hydroxylation is 1. The van der Waals surface area contributed by atoms with Crippen molar-refractivity contribution in [2.75, 3.05) is 0 Å². The Morgan fingerprint density at radius 2 is 1.87 bits per heavy atom. The predicted molar refractivity (Wildman–Crippen MR) is 120 cm³/mol. The zero-order valence-corrected chi connectivity index (χ0v) is 17.3. The average Bonchev–Trinajstić information content (AvgIpc) is 3.12. The number of benzene rings is 3. The highest BCUT2D eigenvalue weighted by atomic mass is 35.5. The molecule has 1 amide bonds. The van der Waals surface area contributed by atoms with Gasteiger partial charge in [-0.05, 0) is 48.6 Å². The number of nitrogens with one attached hydrogen (secondary N) is 1.